The normalized spacial score (nSPS) is 17.9. The van der Waals surface area contributed by atoms with Gasteiger partial charge in [0.15, 0.2) is 5.82 Å². The van der Waals surface area contributed by atoms with Crippen molar-refractivity contribution in [3.05, 3.63) is 53.0 Å². The van der Waals surface area contributed by atoms with Crippen LogP contribution in [0.25, 0.3) is 0 Å². The van der Waals surface area contributed by atoms with Gasteiger partial charge in [0.1, 0.15) is 5.82 Å². The molecule has 0 aliphatic carbocycles. The van der Waals surface area contributed by atoms with E-state index >= 15 is 0 Å². The van der Waals surface area contributed by atoms with Crippen molar-refractivity contribution >= 4 is 23.5 Å². The number of aromatic nitrogens is 2. The minimum Gasteiger partial charge on any atom is -0.347 e. The summed E-state index contributed by atoms with van der Waals surface area (Å²) < 4.78 is 0. The van der Waals surface area contributed by atoms with Crippen molar-refractivity contribution in [2.45, 2.75) is 45.7 Å². The summed E-state index contributed by atoms with van der Waals surface area (Å²) in [6.45, 7) is 4.31. The van der Waals surface area contributed by atoms with E-state index in [0.717, 1.165) is 29.7 Å². The second-order valence-electron chi connectivity index (χ2n) is 7.77. The first-order valence-electron chi connectivity index (χ1n) is 10.2. The Morgan fingerprint density at radius 1 is 1.20 bits per heavy atom. The molecule has 1 fully saturated rings. The molecule has 2 aromatic rings. The third-order valence-corrected chi connectivity index (χ3v) is 5.64. The zero-order valence-electron chi connectivity index (χ0n) is 17.2. The predicted octanol–water partition coefficient (Wildman–Crippen LogP) is 1.67. The fourth-order valence-electron chi connectivity index (χ4n) is 4.11. The first-order chi connectivity index (χ1) is 14.4. The van der Waals surface area contributed by atoms with Gasteiger partial charge in [-0.25, -0.2) is 9.97 Å². The van der Waals surface area contributed by atoms with E-state index in [1.807, 2.05) is 37.3 Å². The predicted molar refractivity (Wildman–Crippen MR) is 110 cm³/mol. The number of carbonyl (C=O) groups is 3. The van der Waals surface area contributed by atoms with Crippen LogP contribution >= 0.6 is 0 Å². The molecule has 1 aromatic carbocycles. The fourth-order valence-corrected chi connectivity index (χ4v) is 4.11. The van der Waals surface area contributed by atoms with E-state index in [1.165, 1.54) is 6.92 Å². The molecule has 30 heavy (non-hydrogen) atoms. The van der Waals surface area contributed by atoms with E-state index in [1.54, 1.807) is 9.80 Å². The van der Waals surface area contributed by atoms with Crippen LogP contribution in [0.3, 0.4) is 0 Å². The number of nitrogens with one attached hydrogen (secondary N) is 1. The maximum atomic E-state index is 12.7. The highest BCUT2D eigenvalue weighted by Crippen LogP contribution is 2.35. The maximum Gasteiger partial charge on any atom is 0.242 e. The van der Waals surface area contributed by atoms with E-state index in [-0.39, 0.29) is 30.3 Å². The smallest absolute Gasteiger partial charge is 0.242 e. The topological polar surface area (TPSA) is 95.5 Å². The van der Waals surface area contributed by atoms with Gasteiger partial charge in [0.25, 0.3) is 0 Å². The molecule has 8 nitrogen and oxygen atoms in total. The van der Waals surface area contributed by atoms with Crippen LogP contribution in [0.2, 0.25) is 0 Å². The number of carbonyl (C=O) groups excluding carboxylic acids is 3. The van der Waals surface area contributed by atoms with Crippen LogP contribution in [0.15, 0.2) is 30.3 Å². The van der Waals surface area contributed by atoms with Crippen LogP contribution in [0.1, 0.15) is 48.5 Å². The Hall–Kier alpha value is -3.29. The summed E-state index contributed by atoms with van der Waals surface area (Å²) in [6.07, 6.45) is 1.91. The van der Waals surface area contributed by atoms with Crippen LogP contribution in [0, 0.1) is 6.92 Å². The van der Waals surface area contributed by atoms with Crippen molar-refractivity contribution in [2.75, 3.05) is 18.0 Å². The zero-order chi connectivity index (χ0) is 21.3. The molecule has 1 atom stereocenters. The molecule has 2 aliphatic heterocycles. The second-order valence-corrected chi connectivity index (χ2v) is 7.77. The minimum atomic E-state index is -0.246. The molecule has 4 rings (SSSR count). The van der Waals surface area contributed by atoms with Gasteiger partial charge in [0.2, 0.25) is 17.7 Å². The van der Waals surface area contributed by atoms with Gasteiger partial charge >= 0.3 is 0 Å². The van der Waals surface area contributed by atoms with Gasteiger partial charge in [-0.05, 0) is 25.3 Å². The molecular weight excluding hydrogens is 382 g/mol. The van der Waals surface area contributed by atoms with Gasteiger partial charge in [-0.2, -0.15) is 0 Å². The first kappa shape index (κ1) is 20.0. The van der Waals surface area contributed by atoms with Crippen molar-refractivity contribution in [3.8, 4) is 0 Å². The number of hydrogen-bond acceptors (Lipinski definition) is 5. The summed E-state index contributed by atoms with van der Waals surface area (Å²) in [7, 11) is 0. The molecule has 156 valence electrons. The number of hydrogen-bond donors (Lipinski definition) is 1. The summed E-state index contributed by atoms with van der Waals surface area (Å²) in [4.78, 5) is 49.3. The van der Waals surface area contributed by atoms with Crippen LogP contribution in [0.5, 0.6) is 0 Å². The van der Waals surface area contributed by atoms with Crippen molar-refractivity contribution < 1.29 is 14.4 Å². The summed E-state index contributed by atoms with van der Waals surface area (Å²) in [5, 5.41) is 2.56. The Kier molecular flexibility index (Phi) is 5.48. The van der Waals surface area contributed by atoms with E-state index < -0.39 is 0 Å². The van der Waals surface area contributed by atoms with Crippen molar-refractivity contribution in [3.63, 3.8) is 0 Å². The molecule has 2 aliphatic rings. The molecule has 0 saturated carbocycles. The van der Waals surface area contributed by atoms with Gasteiger partial charge in [-0.15, -0.1) is 0 Å². The molecule has 0 radical (unpaired) electrons. The van der Waals surface area contributed by atoms with Crippen LogP contribution < -0.4 is 10.2 Å². The molecule has 0 bridgehead atoms. The molecule has 3 amide bonds. The van der Waals surface area contributed by atoms with Crippen LogP contribution in [0.4, 0.5) is 5.82 Å². The van der Waals surface area contributed by atoms with Crippen LogP contribution in [-0.2, 0) is 27.3 Å². The summed E-state index contributed by atoms with van der Waals surface area (Å²) in [6, 6.07) is 9.57. The minimum absolute atomic E-state index is 0.00779. The Morgan fingerprint density at radius 2 is 1.97 bits per heavy atom. The number of benzene rings is 1. The third-order valence-electron chi connectivity index (χ3n) is 5.64. The molecule has 1 N–H and O–H groups in total. The molecule has 0 unspecified atom stereocenters. The molecule has 3 heterocycles. The Balaban J connectivity index is 1.62. The molecular formula is C22H25N5O3. The first-order valence-corrected chi connectivity index (χ1v) is 10.2. The molecule has 1 saturated heterocycles. The molecule has 0 spiro atoms. The molecule has 8 heteroatoms. The number of nitrogens with zero attached hydrogens (tertiary/aromatic N) is 4. The van der Waals surface area contributed by atoms with Crippen molar-refractivity contribution in [2.24, 2.45) is 0 Å². The third kappa shape index (κ3) is 3.90. The summed E-state index contributed by atoms with van der Waals surface area (Å²) >= 11 is 0. The lowest BCUT2D eigenvalue weighted by Gasteiger charge is -2.25. The monoisotopic (exact) mass is 407 g/mol. The second kappa shape index (κ2) is 8.22. The highest BCUT2D eigenvalue weighted by Gasteiger charge is 2.36. The standard InChI is InChI=1S/C22H25N5O3/c1-14-17-11-19(29)27(13-16-7-4-3-5-8-16)22(17)25-21(24-14)18-9-6-10-26(18)20(30)12-23-15(2)28/h3-5,7-8,18H,6,9-13H2,1-2H3,(H,23,28)/t18-/m1/s1. The van der Waals surface area contributed by atoms with Gasteiger partial charge in [0, 0.05) is 24.7 Å². The number of amides is 3. The van der Waals surface area contributed by atoms with Gasteiger partial charge in [0.05, 0.1) is 25.6 Å². The Labute approximate surface area is 175 Å². The number of likely N-dealkylation sites (tertiary alicyclic amines) is 1. The number of anilines is 1. The summed E-state index contributed by atoms with van der Waals surface area (Å²) in [5.74, 6) is 0.832. The van der Waals surface area contributed by atoms with E-state index in [2.05, 4.69) is 10.3 Å². The van der Waals surface area contributed by atoms with Gasteiger partial charge in [-0.3, -0.25) is 19.3 Å². The Bertz CT molecular complexity index is 992. The highest BCUT2D eigenvalue weighted by atomic mass is 16.2. The zero-order valence-corrected chi connectivity index (χ0v) is 17.2. The van der Waals surface area contributed by atoms with E-state index in [0.29, 0.717) is 31.2 Å². The van der Waals surface area contributed by atoms with Crippen molar-refractivity contribution in [1.82, 2.24) is 20.2 Å². The van der Waals surface area contributed by atoms with E-state index in [9.17, 15) is 14.4 Å². The summed E-state index contributed by atoms with van der Waals surface area (Å²) in [5.41, 5.74) is 2.67. The lowest BCUT2D eigenvalue weighted by atomic mass is 10.1. The van der Waals surface area contributed by atoms with E-state index in [4.69, 9.17) is 4.98 Å². The highest BCUT2D eigenvalue weighted by molar-refractivity contribution is 6.00. The SMILES string of the molecule is CC(=O)NCC(=O)N1CCC[C@@H]1c1nc(C)c2c(n1)N(Cc1ccccc1)C(=O)C2. The maximum absolute atomic E-state index is 12.7. The largest absolute Gasteiger partial charge is 0.347 e. The number of rotatable bonds is 5. The average molecular weight is 407 g/mol. The number of aryl methyl sites for hydroxylation is 1. The lowest BCUT2D eigenvalue weighted by molar-refractivity contribution is -0.133. The Morgan fingerprint density at radius 3 is 2.70 bits per heavy atom. The quantitative estimate of drug-likeness (QED) is 0.814. The fraction of sp³-hybridized carbons (Fsp3) is 0.409. The molecule has 1 aromatic heterocycles. The van der Waals surface area contributed by atoms with Crippen molar-refractivity contribution in [1.29, 1.82) is 0 Å². The lowest BCUT2D eigenvalue weighted by Crippen LogP contribution is -2.39. The number of fused-ring (bicyclic) bond motifs is 1. The average Bonchev–Trinajstić information content (AvgIpc) is 3.33. The van der Waals surface area contributed by atoms with Gasteiger partial charge < -0.3 is 10.2 Å². The van der Waals surface area contributed by atoms with Crippen LogP contribution in [-0.4, -0.2) is 45.7 Å². The van der Waals surface area contributed by atoms with Gasteiger partial charge in [-0.1, -0.05) is 30.3 Å².